The van der Waals surface area contributed by atoms with E-state index in [4.69, 9.17) is 0 Å². The quantitative estimate of drug-likeness (QED) is 0.628. The third kappa shape index (κ3) is 2.48. The first kappa shape index (κ1) is 13.6. The van der Waals surface area contributed by atoms with Crippen LogP contribution < -0.4 is 5.32 Å². The number of benzene rings is 2. The molecule has 0 unspecified atom stereocenters. The molecule has 0 aliphatic carbocycles. The number of nitrogens with one attached hydrogen (secondary N) is 1. The summed E-state index contributed by atoms with van der Waals surface area (Å²) in [5.74, 6) is 1.17. The zero-order chi connectivity index (χ0) is 15.6. The summed E-state index contributed by atoms with van der Waals surface area (Å²) in [5.41, 5.74) is 1.97. The average molecular weight is 304 g/mol. The van der Waals surface area contributed by atoms with Crippen molar-refractivity contribution < 1.29 is 0 Å². The van der Waals surface area contributed by atoms with Crippen molar-refractivity contribution in [1.82, 2.24) is 25.3 Å². The fourth-order valence-corrected chi connectivity index (χ4v) is 2.72. The molecule has 0 fully saturated rings. The van der Waals surface area contributed by atoms with Gasteiger partial charge in [0.2, 0.25) is 5.65 Å². The molecule has 0 saturated heterocycles. The highest BCUT2D eigenvalue weighted by atomic mass is 15.6. The first-order valence-corrected chi connectivity index (χ1v) is 7.59. The van der Waals surface area contributed by atoms with Crippen LogP contribution >= 0.6 is 0 Å². The maximum Gasteiger partial charge on any atom is 0.207 e. The Bertz CT molecular complexity index is 947. The lowest BCUT2D eigenvalue weighted by molar-refractivity contribution is 0.731. The Kier molecular flexibility index (Phi) is 3.34. The van der Waals surface area contributed by atoms with Gasteiger partial charge in [-0.25, -0.2) is 0 Å². The van der Waals surface area contributed by atoms with Gasteiger partial charge in [0.1, 0.15) is 0 Å². The highest BCUT2D eigenvalue weighted by Gasteiger charge is 2.12. The molecule has 2 aromatic carbocycles. The topological polar surface area (TPSA) is 68.0 Å². The van der Waals surface area contributed by atoms with Crippen LogP contribution in [0.15, 0.2) is 54.6 Å². The van der Waals surface area contributed by atoms with Gasteiger partial charge in [0.05, 0.1) is 0 Å². The lowest BCUT2D eigenvalue weighted by atomic mass is 10.0. The SMILES string of the molecule is C[C@H](CNc1nn2nnnc2c2ccccc12)c1ccccc1. The first-order valence-electron chi connectivity index (χ1n) is 7.59. The van der Waals surface area contributed by atoms with Crippen LogP contribution in [0.25, 0.3) is 16.4 Å². The Morgan fingerprint density at radius 2 is 1.74 bits per heavy atom. The van der Waals surface area contributed by atoms with Crippen LogP contribution in [-0.4, -0.2) is 31.8 Å². The number of anilines is 1. The molecule has 2 heterocycles. The molecule has 6 heteroatoms. The molecule has 0 amide bonds. The molecule has 1 atom stereocenters. The Balaban J connectivity index is 1.68. The van der Waals surface area contributed by atoms with Gasteiger partial charge in [-0.1, -0.05) is 61.5 Å². The Morgan fingerprint density at radius 1 is 1.00 bits per heavy atom. The van der Waals surface area contributed by atoms with Gasteiger partial charge in [-0.2, -0.15) is 0 Å². The molecule has 6 nitrogen and oxygen atoms in total. The van der Waals surface area contributed by atoms with Crippen LogP contribution in [-0.2, 0) is 0 Å². The Hall–Kier alpha value is -3.02. The van der Waals surface area contributed by atoms with Gasteiger partial charge in [-0.15, -0.1) is 14.8 Å². The monoisotopic (exact) mass is 304 g/mol. The standard InChI is InChI=1S/C17H16N6/c1-12(13-7-3-2-4-8-13)11-18-16-14-9-5-6-10-15(14)17-19-21-22-23(17)20-16/h2-10,12H,11H2,1H3,(H,18,20)/t12-/m1/s1. The maximum atomic E-state index is 4.50. The van der Waals surface area contributed by atoms with Gasteiger partial charge in [0, 0.05) is 17.3 Å². The van der Waals surface area contributed by atoms with E-state index in [9.17, 15) is 0 Å². The number of fused-ring (bicyclic) bond motifs is 3. The van der Waals surface area contributed by atoms with Crippen molar-refractivity contribution in [3.05, 3.63) is 60.2 Å². The van der Waals surface area contributed by atoms with Crippen molar-refractivity contribution in [2.24, 2.45) is 0 Å². The predicted molar refractivity (Wildman–Crippen MR) is 89.4 cm³/mol. The van der Waals surface area contributed by atoms with Gasteiger partial charge in [-0.3, -0.25) is 0 Å². The van der Waals surface area contributed by atoms with E-state index < -0.39 is 0 Å². The summed E-state index contributed by atoms with van der Waals surface area (Å²) >= 11 is 0. The minimum atomic E-state index is 0.376. The van der Waals surface area contributed by atoms with E-state index >= 15 is 0 Å². The van der Waals surface area contributed by atoms with Crippen molar-refractivity contribution in [3.63, 3.8) is 0 Å². The molecule has 1 N–H and O–H groups in total. The summed E-state index contributed by atoms with van der Waals surface area (Å²) in [5, 5.41) is 21.6. The Morgan fingerprint density at radius 3 is 2.57 bits per heavy atom. The molecule has 4 aromatic rings. The number of rotatable bonds is 4. The lowest BCUT2D eigenvalue weighted by Gasteiger charge is -2.14. The van der Waals surface area contributed by atoms with Crippen LogP contribution in [0, 0.1) is 0 Å². The van der Waals surface area contributed by atoms with Crippen molar-refractivity contribution in [2.45, 2.75) is 12.8 Å². The van der Waals surface area contributed by atoms with Crippen molar-refractivity contribution >= 4 is 22.2 Å². The van der Waals surface area contributed by atoms with Crippen LogP contribution in [0.1, 0.15) is 18.4 Å². The highest BCUT2D eigenvalue weighted by Crippen LogP contribution is 2.24. The lowest BCUT2D eigenvalue weighted by Crippen LogP contribution is -2.12. The van der Waals surface area contributed by atoms with Crippen LogP contribution in [0.2, 0.25) is 0 Å². The van der Waals surface area contributed by atoms with E-state index in [2.05, 4.69) is 57.1 Å². The van der Waals surface area contributed by atoms with E-state index in [0.29, 0.717) is 11.6 Å². The number of hydrogen-bond donors (Lipinski definition) is 1. The minimum Gasteiger partial charge on any atom is -0.367 e. The van der Waals surface area contributed by atoms with Crippen LogP contribution in [0.4, 0.5) is 5.82 Å². The summed E-state index contributed by atoms with van der Waals surface area (Å²) in [6, 6.07) is 18.5. The molecule has 114 valence electrons. The molecule has 0 bridgehead atoms. The summed E-state index contributed by atoms with van der Waals surface area (Å²) < 4.78 is 1.47. The molecule has 0 radical (unpaired) electrons. The molecule has 0 spiro atoms. The summed E-state index contributed by atoms with van der Waals surface area (Å²) in [6.45, 7) is 2.98. The second-order valence-electron chi connectivity index (χ2n) is 5.58. The molecular formula is C17H16N6. The average Bonchev–Trinajstić information content (AvgIpc) is 3.09. The smallest absolute Gasteiger partial charge is 0.207 e. The van der Waals surface area contributed by atoms with E-state index in [1.807, 2.05) is 30.3 Å². The largest absolute Gasteiger partial charge is 0.367 e. The molecule has 0 saturated carbocycles. The molecule has 2 aromatic heterocycles. The second-order valence-corrected chi connectivity index (χ2v) is 5.58. The van der Waals surface area contributed by atoms with Crippen molar-refractivity contribution in [2.75, 3.05) is 11.9 Å². The third-order valence-electron chi connectivity index (χ3n) is 4.02. The van der Waals surface area contributed by atoms with Gasteiger partial charge < -0.3 is 5.32 Å². The maximum absolute atomic E-state index is 4.50. The van der Waals surface area contributed by atoms with Gasteiger partial charge in [0.15, 0.2) is 5.82 Å². The fraction of sp³-hybridized carbons (Fsp3) is 0.176. The number of aromatic nitrogens is 5. The fourth-order valence-electron chi connectivity index (χ4n) is 2.72. The molecule has 0 aliphatic rings. The first-order chi connectivity index (χ1) is 11.3. The number of nitrogens with zero attached hydrogens (tertiary/aromatic N) is 5. The van der Waals surface area contributed by atoms with Crippen molar-refractivity contribution in [1.29, 1.82) is 0 Å². The van der Waals surface area contributed by atoms with E-state index in [1.165, 1.54) is 10.2 Å². The molecule has 4 rings (SSSR count). The van der Waals surface area contributed by atoms with E-state index in [0.717, 1.165) is 23.1 Å². The number of tetrazole rings is 1. The normalized spacial score (nSPS) is 12.6. The summed E-state index contributed by atoms with van der Waals surface area (Å²) in [7, 11) is 0. The zero-order valence-corrected chi connectivity index (χ0v) is 12.7. The van der Waals surface area contributed by atoms with Gasteiger partial charge in [-0.05, 0) is 21.9 Å². The Labute approximate surface area is 133 Å². The van der Waals surface area contributed by atoms with Crippen LogP contribution in [0.3, 0.4) is 0 Å². The van der Waals surface area contributed by atoms with Gasteiger partial charge >= 0.3 is 0 Å². The van der Waals surface area contributed by atoms with E-state index in [1.54, 1.807) is 0 Å². The minimum absolute atomic E-state index is 0.376. The zero-order valence-electron chi connectivity index (χ0n) is 12.7. The highest BCUT2D eigenvalue weighted by molar-refractivity contribution is 5.99. The molecular weight excluding hydrogens is 288 g/mol. The second kappa shape index (κ2) is 5.64. The molecule has 0 aliphatic heterocycles. The summed E-state index contributed by atoms with van der Waals surface area (Å²) in [4.78, 5) is 0. The molecule has 23 heavy (non-hydrogen) atoms. The van der Waals surface area contributed by atoms with Gasteiger partial charge in [0.25, 0.3) is 0 Å². The van der Waals surface area contributed by atoms with E-state index in [-0.39, 0.29) is 0 Å². The predicted octanol–water partition coefficient (Wildman–Crippen LogP) is 2.89. The summed E-state index contributed by atoms with van der Waals surface area (Å²) in [6.07, 6.45) is 0. The third-order valence-corrected chi connectivity index (χ3v) is 4.02. The number of hydrogen-bond acceptors (Lipinski definition) is 5. The van der Waals surface area contributed by atoms with Crippen LogP contribution in [0.5, 0.6) is 0 Å². The van der Waals surface area contributed by atoms with Crippen molar-refractivity contribution in [3.8, 4) is 0 Å².